The highest BCUT2D eigenvalue weighted by atomic mass is 16.6. The van der Waals surface area contributed by atoms with E-state index in [1.807, 2.05) is 39.0 Å². The lowest BCUT2D eigenvalue weighted by Crippen LogP contribution is -2.05. The summed E-state index contributed by atoms with van der Waals surface area (Å²) >= 11 is 0. The molecule has 0 fully saturated rings. The number of hydrogen-bond acceptors (Lipinski definition) is 4. The fourth-order valence-corrected chi connectivity index (χ4v) is 2.44. The number of ether oxygens (including phenoxy) is 1. The van der Waals surface area contributed by atoms with Crippen LogP contribution in [0.1, 0.15) is 40.2 Å². The van der Waals surface area contributed by atoms with Crippen molar-refractivity contribution in [2.45, 2.75) is 34.6 Å². The lowest BCUT2D eigenvalue weighted by molar-refractivity contribution is -0.384. The van der Waals surface area contributed by atoms with Gasteiger partial charge in [-0.05, 0) is 58.4 Å². The van der Waals surface area contributed by atoms with E-state index >= 15 is 0 Å². The molecule has 0 spiro atoms. The van der Waals surface area contributed by atoms with Crippen LogP contribution in [0.3, 0.4) is 0 Å². The SMILES string of the molecule is CCOC(=O)/C(C)=C/C(C)=C/C(C)=C/C(C)=C/c1ccc([N+](=O)[O-])cc1. The third-order valence-corrected chi connectivity index (χ3v) is 3.45. The third-order valence-electron chi connectivity index (χ3n) is 3.45. The molecule has 0 aliphatic rings. The molecule has 5 heteroatoms. The van der Waals surface area contributed by atoms with Gasteiger partial charge in [0.1, 0.15) is 0 Å². The number of benzene rings is 1. The predicted octanol–water partition coefficient (Wildman–Crippen LogP) is 5.40. The molecule has 0 radical (unpaired) electrons. The van der Waals surface area contributed by atoms with Crippen molar-refractivity contribution in [3.63, 3.8) is 0 Å². The second-order valence-corrected chi connectivity index (χ2v) is 6.06. The Morgan fingerprint density at radius 1 is 1.00 bits per heavy atom. The molecule has 0 aliphatic heterocycles. The molecule has 26 heavy (non-hydrogen) atoms. The zero-order valence-corrected chi connectivity index (χ0v) is 15.9. The van der Waals surface area contributed by atoms with Crippen molar-refractivity contribution in [3.05, 3.63) is 80.5 Å². The first-order valence-electron chi connectivity index (χ1n) is 8.37. The van der Waals surface area contributed by atoms with Crippen LogP contribution in [0.4, 0.5) is 5.69 Å². The molecular formula is C21H25NO4. The molecule has 1 rings (SSSR count). The largest absolute Gasteiger partial charge is 0.463 e. The molecule has 5 nitrogen and oxygen atoms in total. The molecule has 0 amide bonds. The van der Waals surface area contributed by atoms with Crippen LogP contribution in [0, 0.1) is 10.1 Å². The molecule has 0 aliphatic carbocycles. The highest BCUT2D eigenvalue weighted by Gasteiger charge is 2.04. The van der Waals surface area contributed by atoms with E-state index in [1.54, 1.807) is 32.1 Å². The van der Waals surface area contributed by atoms with Crippen molar-refractivity contribution >= 4 is 17.7 Å². The number of allylic oxidation sites excluding steroid dienone is 6. The lowest BCUT2D eigenvalue weighted by Gasteiger charge is -2.02. The van der Waals surface area contributed by atoms with E-state index < -0.39 is 4.92 Å². The Kier molecular flexibility index (Phi) is 8.22. The minimum absolute atomic E-state index is 0.0776. The van der Waals surface area contributed by atoms with Crippen molar-refractivity contribution in [1.29, 1.82) is 0 Å². The first-order chi connectivity index (χ1) is 12.2. The Balaban J connectivity index is 2.88. The number of carbonyl (C=O) groups excluding carboxylic acids is 1. The number of esters is 1. The van der Waals surface area contributed by atoms with Crippen molar-refractivity contribution in [2.24, 2.45) is 0 Å². The van der Waals surface area contributed by atoms with Crippen LogP contribution in [-0.2, 0) is 9.53 Å². The summed E-state index contributed by atoms with van der Waals surface area (Å²) in [4.78, 5) is 21.9. The third kappa shape index (κ3) is 7.30. The fraction of sp³-hybridized carbons (Fsp3) is 0.286. The van der Waals surface area contributed by atoms with Crippen molar-refractivity contribution in [3.8, 4) is 0 Å². The molecular weight excluding hydrogens is 330 g/mol. The minimum atomic E-state index is -0.413. The van der Waals surface area contributed by atoms with Gasteiger partial charge in [0.05, 0.1) is 11.5 Å². The van der Waals surface area contributed by atoms with Gasteiger partial charge in [0.25, 0.3) is 5.69 Å². The Bertz CT molecular complexity index is 781. The normalized spacial score (nSPS) is 13.6. The maximum absolute atomic E-state index is 11.6. The number of hydrogen-bond donors (Lipinski definition) is 0. The van der Waals surface area contributed by atoms with Gasteiger partial charge in [0, 0.05) is 17.7 Å². The van der Waals surface area contributed by atoms with E-state index in [0.717, 1.165) is 22.3 Å². The van der Waals surface area contributed by atoms with Crippen LogP contribution in [0.15, 0.2) is 64.8 Å². The van der Waals surface area contributed by atoms with Gasteiger partial charge in [-0.3, -0.25) is 10.1 Å². The average Bonchev–Trinajstić information content (AvgIpc) is 2.54. The smallest absolute Gasteiger partial charge is 0.333 e. The van der Waals surface area contributed by atoms with Gasteiger partial charge in [-0.25, -0.2) is 4.79 Å². The molecule has 1 aromatic rings. The summed E-state index contributed by atoms with van der Waals surface area (Å²) in [5.41, 5.74) is 4.54. The van der Waals surface area contributed by atoms with Gasteiger partial charge in [0.2, 0.25) is 0 Å². The highest BCUT2D eigenvalue weighted by molar-refractivity contribution is 5.88. The summed E-state index contributed by atoms with van der Waals surface area (Å²) in [6, 6.07) is 6.42. The van der Waals surface area contributed by atoms with Gasteiger partial charge < -0.3 is 4.74 Å². The Hall–Kier alpha value is -2.95. The minimum Gasteiger partial charge on any atom is -0.463 e. The summed E-state index contributed by atoms with van der Waals surface area (Å²) in [6.45, 7) is 9.74. The molecule has 1 aromatic carbocycles. The van der Waals surface area contributed by atoms with Crippen molar-refractivity contribution in [1.82, 2.24) is 0 Å². The molecule has 0 bridgehead atoms. The molecule has 138 valence electrons. The number of non-ortho nitro benzene ring substituents is 1. The van der Waals surface area contributed by atoms with E-state index in [4.69, 9.17) is 4.74 Å². The Morgan fingerprint density at radius 3 is 2.08 bits per heavy atom. The maximum atomic E-state index is 11.6. The zero-order valence-electron chi connectivity index (χ0n) is 15.9. The number of nitro groups is 1. The summed E-state index contributed by atoms with van der Waals surface area (Å²) in [5, 5.41) is 10.7. The summed E-state index contributed by atoms with van der Waals surface area (Å²) in [6.07, 6.45) is 7.75. The van der Waals surface area contributed by atoms with Gasteiger partial charge in [0.15, 0.2) is 0 Å². The molecule has 0 aromatic heterocycles. The molecule has 0 heterocycles. The maximum Gasteiger partial charge on any atom is 0.333 e. The second-order valence-electron chi connectivity index (χ2n) is 6.06. The average molecular weight is 355 g/mol. The molecule has 0 N–H and O–H groups in total. The topological polar surface area (TPSA) is 69.4 Å². The first kappa shape index (κ1) is 21.1. The monoisotopic (exact) mass is 355 g/mol. The molecule has 0 saturated heterocycles. The number of nitro benzene ring substituents is 1. The van der Waals surface area contributed by atoms with E-state index in [9.17, 15) is 14.9 Å². The van der Waals surface area contributed by atoms with E-state index in [2.05, 4.69) is 0 Å². The van der Waals surface area contributed by atoms with Crippen LogP contribution in [0.5, 0.6) is 0 Å². The first-order valence-corrected chi connectivity index (χ1v) is 8.37. The zero-order chi connectivity index (χ0) is 19.7. The Morgan fingerprint density at radius 2 is 1.54 bits per heavy atom. The van der Waals surface area contributed by atoms with Gasteiger partial charge in [-0.15, -0.1) is 0 Å². The van der Waals surface area contributed by atoms with Crippen molar-refractivity contribution in [2.75, 3.05) is 6.61 Å². The Labute approximate surface area is 154 Å². The predicted molar refractivity (Wildman–Crippen MR) is 105 cm³/mol. The van der Waals surface area contributed by atoms with E-state index in [1.165, 1.54) is 12.1 Å². The van der Waals surface area contributed by atoms with Crippen LogP contribution in [-0.4, -0.2) is 17.5 Å². The van der Waals surface area contributed by atoms with E-state index in [0.29, 0.717) is 12.2 Å². The van der Waals surface area contributed by atoms with Gasteiger partial charge >= 0.3 is 5.97 Å². The van der Waals surface area contributed by atoms with Crippen LogP contribution in [0.2, 0.25) is 0 Å². The van der Waals surface area contributed by atoms with Crippen molar-refractivity contribution < 1.29 is 14.5 Å². The highest BCUT2D eigenvalue weighted by Crippen LogP contribution is 2.16. The van der Waals surface area contributed by atoms with Gasteiger partial charge in [-0.2, -0.15) is 0 Å². The molecule has 0 saturated carbocycles. The van der Waals surface area contributed by atoms with E-state index in [-0.39, 0.29) is 11.7 Å². The van der Waals surface area contributed by atoms with Crippen LogP contribution < -0.4 is 0 Å². The summed E-state index contributed by atoms with van der Waals surface area (Å²) in [5.74, 6) is -0.309. The molecule has 0 unspecified atom stereocenters. The van der Waals surface area contributed by atoms with Gasteiger partial charge in [-0.1, -0.05) is 34.9 Å². The standard InChI is InChI=1S/C21H25NO4/c1-6-26-21(23)18(5)13-16(3)11-15(2)12-17(4)14-19-7-9-20(10-8-19)22(24)25/h7-14H,6H2,1-5H3/b15-12+,16-11+,17-14+,18-13+. The second kappa shape index (κ2) is 10.1. The number of nitrogens with zero attached hydrogens (tertiary/aromatic N) is 1. The number of carbonyl (C=O) groups is 1. The summed E-state index contributed by atoms with van der Waals surface area (Å²) < 4.78 is 4.96. The van der Waals surface area contributed by atoms with Crippen LogP contribution in [0.25, 0.3) is 6.08 Å². The molecule has 0 atom stereocenters. The lowest BCUT2D eigenvalue weighted by atomic mass is 10.1. The number of rotatable bonds is 7. The fourth-order valence-electron chi connectivity index (χ4n) is 2.44. The van der Waals surface area contributed by atoms with Crippen LogP contribution >= 0.6 is 0 Å². The summed E-state index contributed by atoms with van der Waals surface area (Å²) in [7, 11) is 0. The quantitative estimate of drug-likeness (QED) is 0.216.